The third kappa shape index (κ3) is 4.18. The Kier molecular flexibility index (Phi) is 5.76. The SMILES string of the molecule is CCCN(CC(=O)N(C)C)c1c(Cl)cc(N)cc1Cl. The molecule has 0 spiro atoms. The van der Waals surface area contributed by atoms with E-state index in [0.717, 1.165) is 6.42 Å². The lowest BCUT2D eigenvalue weighted by Crippen LogP contribution is -2.37. The van der Waals surface area contributed by atoms with E-state index in [2.05, 4.69) is 0 Å². The molecule has 1 aromatic rings. The lowest BCUT2D eigenvalue weighted by molar-refractivity contribution is -0.127. The molecule has 2 N–H and O–H groups in total. The molecule has 0 fully saturated rings. The van der Waals surface area contributed by atoms with Crippen molar-refractivity contribution in [1.29, 1.82) is 0 Å². The van der Waals surface area contributed by atoms with Crippen molar-refractivity contribution >= 4 is 40.5 Å². The van der Waals surface area contributed by atoms with Gasteiger partial charge in [0.05, 0.1) is 22.3 Å². The number of hydrogen-bond acceptors (Lipinski definition) is 3. The molecule has 0 radical (unpaired) electrons. The summed E-state index contributed by atoms with van der Waals surface area (Å²) in [6.45, 7) is 2.97. The fourth-order valence-corrected chi connectivity index (χ4v) is 2.47. The third-order valence-electron chi connectivity index (χ3n) is 2.67. The van der Waals surface area contributed by atoms with E-state index in [9.17, 15) is 4.79 Å². The van der Waals surface area contributed by atoms with Crippen LogP contribution < -0.4 is 10.6 Å². The topological polar surface area (TPSA) is 49.6 Å². The van der Waals surface area contributed by atoms with Gasteiger partial charge in [-0.2, -0.15) is 0 Å². The first-order valence-electron chi connectivity index (χ1n) is 6.06. The maximum absolute atomic E-state index is 11.9. The fraction of sp³-hybridized carbons (Fsp3) is 0.462. The molecule has 0 bridgehead atoms. The molecule has 0 saturated carbocycles. The van der Waals surface area contributed by atoms with E-state index in [-0.39, 0.29) is 12.5 Å². The van der Waals surface area contributed by atoms with Crippen molar-refractivity contribution in [3.63, 3.8) is 0 Å². The Hall–Kier alpha value is -1.13. The largest absolute Gasteiger partial charge is 0.399 e. The molecule has 0 aliphatic rings. The minimum absolute atomic E-state index is 0.00240. The fourth-order valence-electron chi connectivity index (χ4n) is 1.73. The molecule has 1 rings (SSSR count). The highest BCUT2D eigenvalue weighted by atomic mass is 35.5. The van der Waals surface area contributed by atoms with E-state index in [0.29, 0.717) is 28.0 Å². The van der Waals surface area contributed by atoms with E-state index in [1.807, 2.05) is 11.8 Å². The number of nitrogens with zero attached hydrogens (tertiary/aromatic N) is 2. The van der Waals surface area contributed by atoms with E-state index in [4.69, 9.17) is 28.9 Å². The van der Waals surface area contributed by atoms with Gasteiger partial charge >= 0.3 is 0 Å². The number of likely N-dealkylation sites (N-methyl/N-ethyl adjacent to an activating group) is 1. The number of nitrogen functional groups attached to an aromatic ring is 1. The Morgan fingerprint density at radius 2 is 1.79 bits per heavy atom. The van der Waals surface area contributed by atoms with Crippen LogP contribution in [-0.2, 0) is 4.79 Å². The van der Waals surface area contributed by atoms with Gasteiger partial charge in [-0.3, -0.25) is 4.79 Å². The van der Waals surface area contributed by atoms with E-state index in [1.165, 1.54) is 0 Å². The molecular formula is C13H19Cl2N3O. The van der Waals surface area contributed by atoms with Crippen LogP contribution >= 0.6 is 23.2 Å². The lowest BCUT2D eigenvalue weighted by Gasteiger charge is -2.27. The second kappa shape index (κ2) is 6.87. The van der Waals surface area contributed by atoms with Crippen molar-refractivity contribution in [3.8, 4) is 0 Å². The van der Waals surface area contributed by atoms with Crippen LogP contribution in [0.3, 0.4) is 0 Å². The zero-order valence-electron chi connectivity index (χ0n) is 11.4. The second-order valence-corrected chi connectivity index (χ2v) is 5.36. The van der Waals surface area contributed by atoms with Gasteiger partial charge in [0, 0.05) is 26.3 Å². The minimum Gasteiger partial charge on any atom is -0.399 e. The zero-order valence-corrected chi connectivity index (χ0v) is 12.9. The average molecular weight is 304 g/mol. The van der Waals surface area contributed by atoms with Gasteiger partial charge in [-0.1, -0.05) is 30.1 Å². The molecule has 1 amide bonds. The number of hydrogen-bond donors (Lipinski definition) is 1. The van der Waals surface area contributed by atoms with Crippen molar-refractivity contribution < 1.29 is 4.79 Å². The number of nitrogens with two attached hydrogens (primary N) is 1. The van der Waals surface area contributed by atoms with E-state index in [1.54, 1.807) is 31.1 Å². The molecule has 6 heteroatoms. The number of benzene rings is 1. The van der Waals surface area contributed by atoms with Crippen LogP contribution in [0, 0.1) is 0 Å². The average Bonchev–Trinajstić information content (AvgIpc) is 2.27. The van der Waals surface area contributed by atoms with Crippen molar-refractivity contribution in [2.75, 3.05) is 37.8 Å². The van der Waals surface area contributed by atoms with Crippen LogP contribution in [0.4, 0.5) is 11.4 Å². The summed E-state index contributed by atoms with van der Waals surface area (Å²) in [5, 5.41) is 0.926. The number of anilines is 2. The lowest BCUT2D eigenvalue weighted by atomic mass is 10.2. The Morgan fingerprint density at radius 3 is 2.21 bits per heavy atom. The number of carbonyl (C=O) groups is 1. The summed E-state index contributed by atoms with van der Waals surface area (Å²) in [6, 6.07) is 3.29. The first-order chi connectivity index (χ1) is 8.86. The molecular weight excluding hydrogens is 285 g/mol. The van der Waals surface area contributed by atoms with E-state index >= 15 is 0 Å². The Morgan fingerprint density at radius 1 is 1.26 bits per heavy atom. The van der Waals surface area contributed by atoms with E-state index < -0.39 is 0 Å². The van der Waals surface area contributed by atoms with Crippen LogP contribution in [0.25, 0.3) is 0 Å². The predicted molar refractivity (Wildman–Crippen MR) is 82.1 cm³/mol. The van der Waals surface area contributed by atoms with Gasteiger partial charge in [0.15, 0.2) is 0 Å². The molecule has 0 saturated heterocycles. The Labute approximate surface area is 124 Å². The molecule has 4 nitrogen and oxygen atoms in total. The highest BCUT2D eigenvalue weighted by Crippen LogP contribution is 2.36. The second-order valence-electron chi connectivity index (χ2n) is 4.54. The first kappa shape index (κ1) is 15.9. The highest BCUT2D eigenvalue weighted by molar-refractivity contribution is 6.39. The quantitative estimate of drug-likeness (QED) is 0.851. The van der Waals surface area contributed by atoms with Crippen LogP contribution in [0.2, 0.25) is 10.0 Å². The van der Waals surface area contributed by atoms with Gasteiger partial charge in [0.2, 0.25) is 5.91 Å². The molecule has 0 aliphatic heterocycles. The molecule has 19 heavy (non-hydrogen) atoms. The predicted octanol–water partition coefficient (Wildman–Crippen LogP) is 2.88. The van der Waals surface area contributed by atoms with Gasteiger partial charge < -0.3 is 15.5 Å². The molecule has 0 aromatic heterocycles. The van der Waals surface area contributed by atoms with Crippen molar-refractivity contribution in [1.82, 2.24) is 4.90 Å². The maximum atomic E-state index is 11.9. The Balaban J connectivity index is 3.09. The monoisotopic (exact) mass is 303 g/mol. The minimum atomic E-state index is -0.00240. The normalized spacial score (nSPS) is 10.4. The molecule has 1 aromatic carbocycles. The van der Waals surface area contributed by atoms with Gasteiger partial charge in [0.1, 0.15) is 0 Å². The van der Waals surface area contributed by atoms with Crippen LogP contribution in [-0.4, -0.2) is 38.0 Å². The molecule has 0 atom stereocenters. The summed E-state index contributed by atoms with van der Waals surface area (Å²) in [4.78, 5) is 15.3. The number of halogens is 2. The third-order valence-corrected chi connectivity index (χ3v) is 3.25. The summed E-state index contributed by atoms with van der Waals surface area (Å²) < 4.78 is 0. The smallest absolute Gasteiger partial charge is 0.241 e. The molecule has 0 heterocycles. The first-order valence-corrected chi connectivity index (χ1v) is 6.82. The van der Waals surface area contributed by atoms with Crippen LogP contribution in [0.5, 0.6) is 0 Å². The molecule has 0 aliphatic carbocycles. The maximum Gasteiger partial charge on any atom is 0.241 e. The van der Waals surface area contributed by atoms with Gasteiger partial charge in [-0.05, 0) is 18.6 Å². The summed E-state index contributed by atoms with van der Waals surface area (Å²) >= 11 is 12.4. The van der Waals surface area contributed by atoms with Crippen molar-refractivity contribution in [3.05, 3.63) is 22.2 Å². The Bertz CT molecular complexity index is 440. The van der Waals surface area contributed by atoms with Crippen molar-refractivity contribution in [2.45, 2.75) is 13.3 Å². The van der Waals surface area contributed by atoms with Crippen LogP contribution in [0.15, 0.2) is 12.1 Å². The summed E-state index contributed by atoms with van der Waals surface area (Å²) in [5.74, 6) is -0.00240. The number of amides is 1. The summed E-state index contributed by atoms with van der Waals surface area (Å²) in [5.41, 5.74) is 6.86. The summed E-state index contributed by atoms with van der Waals surface area (Å²) in [6.07, 6.45) is 0.887. The highest BCUT2D eigenvalue weighted by Gasteiger charge is 2.18. The van der Waals surface area contributed by atoms with Gasteiger partial charge in [0.25, 0.3) is 0 Å². The number of rotatable bonds is 5. The van der Waals surface area contributed by atoms with Gasteiger partial charge in [-0.15, -0.1) is 0 Å². The zero-order chi connectivity index (χ0) is 14.6. The number of carbonyl (C=O) groups excluding carboxylic acids is 1. The van der Waals surface area contributed by atoms with Gasteiger partial charge in [-0.25, -0.2) is 0 Å². The summed E-state index contributed by atoms with van der Waals surface area (Å²) in [7, 11) is 3.44. The molecule has 0 unspecified atom stereocenters. The standard InChI is InChI=1S/C13H19Cl2N3O/c1-4-5-18(8-12(19)17(2)3)13-10(14)6-9(16)7-11(13)15/h6-7H,4-5,8,16H2,1-3H3. The molecule has 106 valence electrons. The van der Waals surface area contributed by atoms with Crippen LogP contribution in [0.1, 0.15) is 13.3 Å². The van der Waals surface area contributed by atoms with Crippen molar-refractivity contribution in [2.24, 2.45) is 0 Å².